The van der Waals surface area contributed by atoms with Gasteiger partial charge in [0.15, 0.2) is 0 Å². The standard InChI is InChI=1S/C27H33F3N6O/c28-27(29,30)20-3-4-21(31-12-20)9-17-5-7-25(8-6-17)13-35(14-25)24(37)36-15-26(16-36)10-19(11-26)23-32-22(33-34-23)18-1-2-18/h3-4,12,17-19H,1-2,5-11,13-16H2,(H,32,33,34). The predicted octanol–water partition coefficient (Wildman–Crippen LogP) is 5.13. The molecule has 1 N–H and O–H groups in total. The number of urea groups is 1. The number of aromatic amines is 1. The summed E-state index contributed by atoms with van der Waals surface area (Å²) >= 11 is 0. The maximum Gasteiger partial charge on any atom is 0.417 e. The van der Waals surface area contributed by atoms with Gasteiger partial charge in [-0.05, 0) is 75.8 Å². The van der Waals surface area contributed by atoms with Crippen molar-refractivity contribution in [1.29, 1.82) is 0 Å². The third kappa shape index (κ3) is 4.30. The highest BCUT2D eigenvalue weighted by Crippen LogP contribution is 2.56. The Morgan fingerprint density at radius 2 is 1.54 bits per heavy atom. The van der Waals surface area contributed by atoms with Crippen molar-refractivity contribution in [2.45, 2.75) is 75.8 Å². The zero-order valence-corrected chi connectivity index (χ0v) is 20.9. The topological polar surface area (TPSA) is 78.0 Å². The van der Waals surface area contributed by atoms with Gasteiger partial charge in [-0.1, -0.05) is 0 Å². The number of hydrogen-bond acceptors (Lipinski definition) is 4. The molecule has 2 saturated heterocycles. The van der Waals surface area contributed by atoms with E-state index in [9.17, 15) is 18.0 Å². The first-order chi connectivity index (χ1) is 17.7. The molecule has 2 aromatic heterocycles. The van der Waals surface area contributed by atoms with Crippen molar-refractivity contribution in [1.82, 2.24) is 30.0 Å². The molecule has 7 rings (SSSR count). The quantitative estimate of drug-likeness (QED) is 0.614. The van der Waals surface area contributed by atoms with E-state index in [4.69, 9.17) is 0 Å². The molecule has 2 aromatic rings. The van der Waals surface area contributed by atoms with Gasteiger partial charge in [0.25, 0.3) is 0 Å². The molecule has 5 aliphatic rings. The molecule has 3 saturated carbocycles. The second kappa shape index (κ2) is 8.17. The van der Waals surface area contributed by atoms with Crippen molar-refractivity contribution in [3.05, 3.63) is 41.2 Å². The van der Waals surface area contributed by atoms with Crippen LogP contribution in [0.15, 0.2) is 18.3 Å². The van der Waals surface area contributed by atoms with Crippen molar-refractivity contribution < 1.29 is 18.0 Å². The zero-order valence-electron chi connectivity index (χ0n) is 20.9. The molecule has 2 amide bonds. The molecule has 10 heteroatoms. The third-order valence-electron chi connectivity index (χ3n) is 9.69. The van der Waals surface area contributed by atoms with Crippen molar-refractivity contribution >= 4 is 6.03 Å². The summed E-state index contributed by atoms with van der Waals surface area (Å²) in [7, 11) is 0. The van der Waals surface area contributed by atoms with E-state index in [0.717, 1.165) is 101 Å². The molecular formula is C27H33F3N6O. The number of alkyl halides is 3. The smallest absolute Gasteiger partial charge is 0.328 e. The van der Waals surface area contributed by atoms with Crippen LogP contribution >= 0.6 is 0 Å². The number of likely N-dealkylation sites (tertiary alicyclic amines) is 2. The van der Waals surface area contributed by atoms with Crippen LogP contribution in [0.1, 0.15) is 86.1 Å². The Morgan fingerprint density at radius 3 is 2.11 bits per heavy atom. The predicted molar refractivity (Wildman–Crippen MR) is 129 cm³/mol. The molecule has 0 atom stereocenters. The molecule has 5 fully saturated rings. The Balaban J connectivity index is 0.838. The van der Waals surface area contributed by atoms with Gasteiger partial charge in [0.2, 0.25) is 0 Å². The Hall–Kier alpha value is -2.65. The lowest BCUT2D eigenvalue weighted by molar-refractivity contribution is -0.137. The summed E-state index contributed by atoms with van der Waals surface area (Å²) in [6.07, 6.45) is 6.20. The van der Waals surface area contributed by atoms with Crippen LogP contribution in [0.4, 0.5) is 18.0 Å². The number of amides is 2. The van der Waals surface area contributed by atoms with Crippen LogP contribution in [0.25, 0.3) is 0 Å². The monoisotopic (exact) mass is 514 g/mol. The van der Waals surface area contributed by atoms with Crippen LogP contribution in [0, 0.1) is 16.7 Å². The summed E-state index contributed by atoms with van der Waals surface area (Å²) in [6.45, 7) is 3.39. The van der Waals surface area contributed by atoms with Crippen LogP contribution < -0.4 is 0 Å². The summed E-state index contributed by atoms with van der Waals surface area (Å²) < 4.78 is 38.3. The Labute approximate surface area is 214 Å². The average Bonchev–Trinajstić information content (AvgIpc) is 3.53. The highest BCUT2D eigenvalue weighted by molar-refractivity contribution is 5.76. The van der Waals surface area contributed by atoms with Gasteiger partial charge in [0.1, 0.15) is 11.6 Å². The van der Waals surface area contributed by atoms with E-state index >= 15 is 0 Å². The first kappa shape index (κ1) is 23.5. The van der Waals surface area contributed by atoms with Crippen LogP contribution in [-0.2, 0) is 12.6 Å². The van der Waals surface area contributed by atoms with Crippen molar-refractivity contribution in [3.8, 4) is 0 Å². The molecule has 4 heterocycles. The number of carbonyl (C=O) groups excluding carboxylic acids is 1. The fraction of sp³-hybridized carbons (Fsp3) is 0.704. The van der Waals surface area contributed by atoms with Crippen molar-refractivity contribution in [2.24, 2.45) is 16.7 Å². The largest absolute Gasteiger partial charge is 0.417 e. The lowest BCUT2D eigenvalue weighted by atomic mass is 9.57. The molecule has 3 aliphatic carbocycles. The van der Waals surface area contributed by atoms with Gasteiger partial charge in [-0.25, -0.2) is 4.79 Å². The summed E-state index contributed by atoms with van der Waals surface area (Å²) in [5, 5.41) is 8.70. The molecule has 0 bridgehead atoms. The van der Waals surface area contributed by atoms with Gasteiger partial charge < -0.3 is 14.8 Å². The lowest BCUT2D eigenvalue weighted by Gasteiger charge is -2.61. The number of pyridine rings is 1. The highest BCUT2D eigenvalue weighted by atomic mass is 19.4. The number of rotatable bonds is 4. The highest BCUT2D eigenvalue weighted by Gasteiger charge is 2.57. The maximum atomic E-state index is 13.0. The number of H-pyrrole nitrogens is 1. The van der Waals surface area contributed by atoms with Crippen molar-refractivity contribution in [3.63, 3.8) is 0 Å². The molecule has 0 radical (unpaired) electrons. The van der Waals surface area contributed by atoms with E-state index in [2.05, 4.69) is 20.2 Å². The minimum Gasteiger partial charge on any atom is -0.328 e. The Bertz CT molecular complexity index is 1160. The van der Waals surface area contributed by atoms with Crippen molar-refractivity contribution in [2.75, 3.05) is 26.2 Å². The molecule has 7 nitrogen and oxygen atoms in total. The molecule has 37 heavy (non-hydrogen) atoms. The van der Waals surface area contributed by atoms with Crippen LogP contribution in [0.2, 0.25) is 0 Å². The average molecular weight is 515 g/mol. The number of halogens is 3. The minimum absolute atomic E-state index is 0.187. The van der Waals surface area contributed by atoms with E-state index in [0.29, 0.717) is 17.8 Å². The van der Waals surface area contributed by atoms with E-state index in [1.165, 1.54) is 18.9 Å². The van der Waals surface area contributed by atoms with Gasteiger partial charge in [-0.2, -0.15) is 13.2 Å². The van der Waals surface area contributed by atoms with Crippen LogP contribution in [-0.4, -0.2) is 62.2 Å². The normalized spacial score (nSPS) is 25.2. The second-order valence-corrected chi connectivity index (χ2v) is 12.7. The van der Waals surface area contributed by atoms with Crippen LogP contribution in [0.3, 0.4) is 0 Å². The molecule has 2 aliphatic heterocycles. The number of aromatic nitrogens is 4. The zero-order chi connectivity index (χ0) is 25.4. The number of nitrogens with zero attached hydrogens (tertiary/aromatic N) is 5. The SMILES string of the molecule is O=C(N1CC2(CCC(Cc3ccc(C(F)(F)F)cn3)CC2)C1)N1CC2(CC(c3nnc(C4CC4)[nH]3)C2)C1. The second-order valence-electron chi connectivity index (χ2n) is 12.7. The van der Waals surface area contributed by atoms with Crippen LogP contribution in [0.5, 0.6) is 0 Å². The lowest BCUT2D eigenvalue weighted by Crippen LogP contribution is -2.69. The van der Waals surface area contributed by atoms with Gasteiger partial charge in [-0.3, -0.25) is 4.98 Å². The first-order valence-corrected chi connectivity index (χ1v) is 13.7. The van der Waals surface area contributed by atoms with Gasteiger partial charge >= 0.3 is 12.2 Å². The molecular weight excluding hydrogens is 481 g/mol. The van der Waals surface area contributed by atoms with Gasteiger partial charge in [0.05, 0.1) is 5.56 Å². The van der Waals surface area contributed by atoms with E-state index in [1.54, 1.807) is 0 Å². The molecule has 198 valence electrons. The van der Waals surface area contributed by atoms with E-state index in [-0.39, 0.29) is 16.9 Å². The summed E-state index contributed by atoms with van der Waals surface area (Å²) in [5.41, 5.74) is 0.548. The minimum atomic E-state index is -4.34. The number of carbonyl (C=O) groups is 1. The first-order valence-electron chi connectivity index (χ1n) is 13.7. The fourth-order valence-electron chi connectivity index (χ4n) is 7.27. The van der Waals surface area contributed by atoms with E-state index < -0.39 is 11.7 Å². The Kier molecular flexibility index (Phi) is 5.18. The van der Waals surface area contributed by atoms with E-state index in [1.807, 2.05) is 9.80 Å². The third-order valence-corrected chi connectivity index (χ3v) is 9.69. The summed E-state index contributed by atoms with van der Waals surface area (Å²) in [4.78, 5) is 24.5. The molecule has 0 unspecified atom stereocenters. The number of nitrogens with one attached hydrogen (secondary N) is 1. The maximum absolute atomic E-state index is 13.0. The summed E-state index contributed by atoms with van der Waals surface area (Å²) in [6, 6.07) is 2.83. The molecule has 0 aromatic carbocycles. The van der Waals surface area contributed by atoms with Gasteiger partial charge in [-0.15, -0.1) is 10.2 Å². The Morgan fingerprint density at radius 1 is 0.919 bits per heavy atom. The molecule has 2 spiro atoms. The number of hydrogen-bond donors (Lipinski definition) is 1. The van der Waals surface area contributed by atoms with Gasteiger partial charge in [0, 0.05) is 60.7 Å². The fourth-order valence-corrected chi connectivity index (χ4v) is 7.27. The summed E-state index contributed by atoms with van der Waals surface area (Å²) in [5.74, 6) is 3.59.